The first-order valence-electron chi connectivity index (χ1n) is 20.8. The van der Waals surface area contributed by atoms with E-state index in [9.17, 15) is 5.26 Å². The zero-order valence-electron chi connectivity index (χ0n) is 33.2. The summed E-state index contributed by atoms with van der Waals surface area (Å²) in [6.45, 7) is 8.62. The molecule has 1 aliphatic carbocycles. The molecule has 0 bridgehead atoms. The lowest BCUT2D eigenvalue weighted by Gasteiger charge is -2.23. The van der Waals surface area contributed by atoms with Crippen LogP contribution in [0.5, 0.6) is 0 Å². The van der Waals surface area contributed by atoms with Crippen LogP contribution in [0.3, 0.4) is 0 Å². The summed E-state index contributed by atoms with van der Waals surface area (Å²) in [5.41, 5.74) is 16.5. The van der Waals surface area contributed by atoms with Gasteiger partial charge in [-0.2, -0.15) is 5.26 Å². The zero-order valence-corrected chi connectivity index (χ0v) is 33.2. The normalized spacial score (nSPS) is 13.3. The molecule has 0 spiro atoms. The highest BCUT2D eigenvalue weighted by molar-refractivity contribution is 6.26. The van der Waals surface area contributed by atoms with Crippen molar-refractivity contribution in [3.05, 3.63) is 222 Å². The molecular formula is C57H32N4O. The lowest BCUT2D eigenvalue weighted by atomic mass is 9.82. The highest BCUT2D eigenvalue weighted by atomic mass is 16.3. The van der Waals surface area contributed by atoms with E-state index in [2.05, 4.69) is 178 Å². The van der Waals surface area contributed by atoms with E-state index >= 15 is 0 Å². The molecular weight excluding hydrogens is 757 g/mol. The molecule has 0 radical (unpaired) electrons. The van der Waals surface area contributed by atoms with Crippen LogP contribution in [0.15, 0.2) is 192 Å². The van der Waals surface area contributed by atoms with E-state index in [-0.39, 0.29) is 5.92 Å². The molecule has 1 unspecified atom stereocenters. The Bertz CT molecular complexity index is 3960. The molecule has 0 saturated carbocycles. The summed E-state index contributed by atoms with van der Waals surface area (Å²) in [6.07, 6.45) is 0. The summed E-state index contributed by atoms with van der Waals surface area (Å²) in [5, 5.41) is 16.7. The SMILES string of the molecule is [C-]#[N+]c1cccc(-c2ccccc2-n2c3ccccc3c3c2ccc2c4ccccc4n(-c4ccccc4)c23)c1C1c2ccccc2-c2c1ccc1c2oc2c(C#N)cccc21. The van der Waals surface area contributed by atoms with Crippen LogP contribution in [0.25, 0.3) is 104 Å². The topological polar surface area (TPSA) is 51.1 Å². The lowest BCUT2D eigenvalue weighted by molar-refractivity contribution is 0.668. The van der Waals surface area contributed by atoms with Gasteiger partial charge in [-0.15, -0.1) is 0 Å². The van der Waals surface area contributed by atoms with E-state index in [4.69, 9.17) is 11.0 Å². The van der Waals surface area contributed by atoms with Crippen molar-refractivity contribution in [2.24, 2.45) is 0 Å². The second kappa shape index (κ2) is 12.9. The van der Waals surface area contributed by atoms with Gasteiger partial charge in [-0.05, 0) is 70.3 Å². The monoisotopic (exact) mass is 788 g/mol. The number of fused-ring (bicyclic) bond motifs is 14. The van der Waals surface area contributed by atoms with E-state index in [0.29, 0.717) is 16.8 Å². The molecule has 3 aromatic heterocycles. The summed E-state index contributed by atoms with van der Waals surface area (Å²) in [6, 6.07) is 68.4. The number of aromatic nitrogens is 2. The van der Waals surface area contributed by atoms with Gasteiger partial charge in [0.25, 0.3) is 0 Å². The second-order valence-electron chi connectivity index (χ2n) is 16.1. The predicted molar refractivity (Wildman–Crippen MR) is 252 cm³/mol. The third-order valence-electron chi connectivity index (χ3n) is 13.1. The standard InChI is InChI=1S/C57H32N4O/c1-59-46-25-14-23-38(53(46)51-39-20-5-6-21-40(39)52-45(51)30-29-43-42-24-13-15-34(33-58)56(42)62-57(43)52)36-18-7-11-27-48(36)61-49-28-12-9-22-44(49)54-50(61)32-31-41-37-19-8-10-26-47(37)60(55(41)54)35-16-3-2-4-17-35/h2-32,51H. The Kier molecular flexibility index (Phi) is 7.14. The molecule has 9 aromatic carbocycles. The van der Waals surface area contributed by atoms with Gasteiger partial charge in [-0.3, -0.25) is 0 Å². The predicted octanol–water partition coefficient (Wildman–Crippen LogP) is 15.0. The minimum atomic E-state index is -0.248. The first-order valence-corrected chi connectivity index (χ1v) is 20.8. The molecule has 0 N–H and O–H groups in total. The van der Waals surface area contributed by atoms with E-state index < -0.39 is 0 Å². The number of hydrogen-bond donors (Lipinski definition) is 0. The summed E-state index contributed by atoms with van der Waals surface area (Å²) in [4.78, 5) is 4.23. The summed E-state index contributed by atoms with van der Waals surface area (Å²) < 4.78 is 11.5. The van der Waals surface area contributed by atoms with Crippen molar-refractivity contribution >= 4 is 71.2 Å². The van der Waals surface area contributed by atoms with Gasteiger partial charge in [0, 0.05) is 55.0 Å². The molecule has 1 aliphatic rings. The van der Waals surface area contributed by atoms with Crippen LogP contribution >= 0.6 is 0 Å². The first-order chi connectivity index (χ1) is 30.7. The number of nitrogens with zero attached hydrogens (tertiary/aromatic N) is 4. The molecule has 3 heterocycles. The molecule has 5 heteroatoms. The van der Waals surface area contributed by atoms with Crippen molar-refractivity contribution in [1.82, 2.24) is 9.13 Å². The van der Waals surface area contributed by atoms with Crippen molar-refractivity contribution in [3.8, 4) is 39.7 Å². The van der Waals surface area contributed by atoms with Crippen LogP contribution < -0.4 is 0 Å². The van der Waals surface area contributed by atoms with Crippen LogP contribution in [-0.2, 0) is 0 Å². The summed E-state index contributed by atoms with van der Waals surface area (Å²) in [7, 11) is 0. The molecule has 0 amide bonds. The third-order valence-corrected chi connectivity index (χ3v) is 13.1. The second-order valence-corrected chi connectivity index (χ2v) is 16.1. The number of rotatable bonds is 4. The molecule has 0 fully saturated rings. The van der Waals surface area contributed by atoms with Gasteiger partial charge in [0.15, 0.2) is 11.3 Å². The van der Waals surface area contributed by atoms with Gasteiger partial charge in [0.05, 0.1) is 39.9 Å². The third kappa shape index (κ3) is 4.54. The van der Waals surface area contributed by atoms with Gasteiger partial charge in [0.2, 0.25) is 0 Å². The van der Waals surface area contributed by atoms with Gasteiger partial charge in [-0.25, -0.2) is 4.85 Å². The van der Waals surface area contributed by atoms with E-state index in [1.807, 2.05) is 24.3 Å². The van der Waals surface area contributed by atoms with Gasteiger partial charge >= 0.3 is 0 Å². The fraction of sp³-hybridized carbons (Fsp3) is 0.0175. The van der Waals surface area contributed by atoms with Crippen LogP contribution in [0.4, 0.5) is 5.69 Å². The first kappa shape index (κ1) is 34.2. The number of hydrogen-bond acceptors (Lipinski definition) is 2. The highest BCUT2D eigenvalue weighted by Gasteiger charge is 2.36. The molecule has 1 atom stereocenters. The molecule has 13 rings (SSSR count). The molecule has 0 saturated heterocycles. The Morgan fingerprint density at radius 2 is 1.16 bits per heavy atom. The Morgan fingerprint density at radius 1 is 0.500 bits per heavy atom. The quantitative estimate of drug-likeness (QED) is 0.167. The Balaban J connectivity index is 1.10. The van der Waals surface area contributed by atoms with Crippen molar-refractivity contribution in [2.75, 3.05) is 0 Å². The minimum absolute atomic E-state index is 0.248. The van der Waals surface area contributed by atoms with Crippen molar-refractivity contribution in [1.29, 1.82) is 5.26 Å². The highest BCUT2D eigenvalue weighted by Crippen LogP contribution is 2.56. The van der Waals surface area contributed by atoms with E-state index in [0.717, 1.165) is 77.7 Å². The zero-order chi connectivity index (χ0) is 41.1. The number of para-hydroxylation sites is 5. The smallest absolute Gasteiger partial charge is 0.191 e. The van der Waals surface area contributed by atoms with Gasteiger partial charge < -0.3 is 13.6 Å². The minimum Gasteiger partial charge on any atom is -0.454 e. The Hall–Kier alpha value is -8.64. The van der Waals surface area contributed by atoms with E-state index in [1.165, 1.54) is 32.6 Å². The van der Waals surface area contributed by atoms with Crippen LogP contribution in [0.2, 0.25) is 0 Å². The average Bonchev–Trinajstić information content (AvgIpc) is 4.08. The number of nitriles is 1. The van der Waals surface area contributed by atoms with Gasteiger partial charge in [-0.1, -0.05) is 146 Å². The fourth-order valence-electron chi connectivity index (χ4n) is 10.6. The molecule has 286 valence electrons. The number of furan rings is 1. The largest absolute Gasteiger partial charge is 0.454 e. The molecule has 5 nitrogen and oxygen atoms in total. The van der Waals surface area contributed by atoms with Crippen molar-refractivity contribution in [3.63, 3.8) is 0 Å². The summed E-state index contributed by atoms with van der Waals surface area (Å²) in [5.74, 6) is -0.248. The molecule has 0 aliphatic heterocycles. The molecule has 12 aromatic rings. The number of benzene rings is 9. The summed E-state index contributed by atoms with van der Waals surface area (Å²) >= 11 is 0. The fourth-order valence-corrected chi connectivity index (χ4v) is 10.6. The lowest BCUT2D eigenvalue weighted by Crippen LogP contribution is -2.04. The van der Waals surface area contributed by atoms with Gasteiger partial charge in [0.1, 0.15) is 11.7 Å². The van der Waals surface area contributed by atoms with E-state index in [1.54, 1.807) is 6.07 Å². The Morgan fingerprint density at radius 3 is 2.00 bits per heavy atom. The Labute approximate surface area is 356 Å². The van der Waals surface area contributed by atoms with Crippen LogP contribution in [0.1, 0.15) is 28.2 Å². The maximum atomic E-state index is 10.0. The van der Waals surface area contributed by atoms with Crippen LogP contribution in [-0.4, -0.2) is 9.13 Å². The maximum Gasteiger partial charge on any atom is 0.191 e. The van der Waals surface area contributed by atoms with Crippen molar-refractivity contribution < 1.29 is 4.42 Å². The average molecular weight is 789 g/mol. The maximum absolute atomic E-state index is 10.0. The van der Waals surface area contributed by atoms with Crippen LogP contribution in [0, 0.1) is 17.9 Å². The van der Waals surface area contributed by atoms with Crippen molar-refractivity contribution in [2.45, 2.75) is 5.92 Å². The molecule has 62 heavy (non-hydrogen) atoms.